The van der Waals surface area contributed by atoms with Crippen molar-refractivity contribution in [3.63, 3.8) is 0 Å². The number of Topliss-reactive ketones (excluding diaryl/α,β-unsaturated/α-hetero) is 1. The van der Waals surface area contributed by atoms with Crippen molar-refractivity contribution >= 4 is 40.3 Å². The van der Waals surface area contributed by atoms with Crippen LogP contribution in [0.4, 0.5) is 0 Å². The van der Waals surface area contributed by atoms with Crippen LogP contribution in [0.1, 0.15) is 27.4 Å². The molecule has 1 aromatic heterocycles. The maximum absolute atomic E-state index is 12.3. The van der Waals surface area contributed by atoms with Crippen molar-refractivity contribution in [3.05, 3.63) is 55.7 Å². The Labute approximate surface area is 113 Å². The van der Waals surface area contributed by atoms with Crippen LogP contribution in [0, 0.1) is 0 Å². The molecule has 4 heteroatoms. The number of halogens is 2. The summed E-state index contributed by atoms with van der Waals surface area (Å²) in [5.74, 6) is 0.0335. The first-order valence-electron chi connectivity index (χ1n) is 5.23. The molecule has 0 N–H and O–H groups in total. The second-order valence-electron chi connectivity index (χ2n) is 4.06. The van der Waals surface area contributed by atoms with Crippen LogP contribution in [0.2, 0.25) is 8.67 Å². The molecule has 1 heterocycles. The number of hydrogen-bond donors (Lipinski definition) is 0. The highest BCUT2D eigenvalue weighted by atomic mass is 35.5. The first kappa shape index (κ1) is 11.3. The van der Waals surface area contributed by atoms with E-state index in [1.165, 1.54) is 16.9 Å². The van der Waals surface area contributed by atoms with Gasteiger partial charge in [0, 0.05) is 5.56 Å². The van der Waals surface area contributed by atoms with E-state index in [2.05, 4.69) is 6.07 Å². The van der Waals surface area contributed by atoms with Gasteiger partial charge < -0.3 is 0 Å². The fraction of sp³-hybridized carbons (Fsp3) is 0.154. The number of ketones is 1. The van der Waals surface area contributed by atoms with Gasteiger partial charge in [0.05, 0.1) is 10.3 Å². The smallest absolute Gasteiger partial charge is 0.173 e. The van der Waals surface area contributed by atoms with Gasteiger partial charge in [-0.15, -0.1) is 11.3 Å². The predicted octanol–water partition coefficient (Wildman–Crippen LogP) is 4.58. The van der Waals surface area contributed by atoms with Crippen molar-refractivity contribution in [2.45, 2.75) is 12.3 Å². The van der Waals surface area contributed by atoms with Gasteiger partial charge in [-0.25, -0.2) is 0 Å². The Morgan fingerprint density at radius 2 is 2.06 bits per heavy atom. The molecule has 0 amide bonds. The number of carbonyl (C=O) groups is 1. The third-order valence-corrected chi connectivity index (χ3v) is 4.58. The lowest BCUT2D eigenvalue weighted by Gasteiger charge is -2.28. The maximum atomic E-state index is 12.3. The van der Waals surface area contributed by atoms with Crippen molar-refractivity contribution in [2.24, 2.45) is 0 Å². The van der Waals surface area contributed by atoms with Crippen LogP contribution in [0.5, 0.6) is 0 Å². The van der Waals surface area contributed by atoms with Crippen LogP contribution in [-0.2, 0) is 6.42 Å². The number of hydrogen-bond acceptors (Lipinski definition) is 2. The van der Waals surface area contributed by atoms with Crippen LogP contribution >= 0.6 is 34.5 Å². The molecular weight excluding hydrogens is 275 g/mol. The average molecular weight is 283 g/mol. The van der Waals surface area contributed by atoms with Gasteiger partial charge in [-0.3, -0.25) is 4.79 Å². The predicted molar refractivity (Wildman–Crippen MR) is 71.6 cm³/mol. The maximum Gasteiger partial charge on any atom is 0.173 e. The van der Waals surface area contributed by atoms with Crippen LogP contribution < -0.4 is 0 Å². The SMILES string of the molecule is O=C(c1cc(Cl)sc1Cl)C1Cc2ccccc21. The topological polar surface area (TPSA) is 17.1 Å². The van der Waals surface area contributed by atoms with Crippen LogP contribution in [-0.4, -0.2) is 5.78 Å². The molecule has 1 aliphatic carbocycles. The molecular formula is C13H8Cl2OS. The first-order chi connectivity index (χ1) is 8.16. The van der Waals surface area contributed by atoms with E-state index < -0.39 is 0 Å². The Morgan fingerprint density at radius 1 is 1.29 bits per heavy atom. The van der Waals surface area contributed by atoms with E-state index in [0.717, 1.165) is 12.0 Å². The second-order valence-corrected chi connectivity index (χ2v) is 6.34. The standard InChI is InChI=1S/C13H8Cl2OS/c14-11-6-10(13(15)17-11)12(16)9-5-7-3-1-2-4-8(7)9/h1-4,6,9H,5H2. The lowest BCUT2D eigenvalue weighted by Crippen LogP contribution is -2.25. The first-order valence-corrected chi connectivity index (χ1v) is 6.81. The minimum atomic E-state index is -0.0469. The zero-order valence-electron chi connectivity index (χ0n) is 8.74. The molecule has 0 aliphatic heterocycles. The largest absolute Gasteiger partial charge is 0.293 e. The highest BCUT2D eigenvalue weighted by Gasteiger charge is 2.33. The Balaban J connectivity index is 1.94. The van der Waals surface area contributed by atoms with Crippen molar-refractivity contribution in [1.29, 1.82) is 0 Å². The Hall–Kier alpha value is -0.830. The minimum absolute atomic E-state index is 0.0469. The summed E-state index contributed by atoms with van der Waals surface area (Å²) in [7, 11) is 0. The molecule has 2 aromatic rings. The molecule has 86 valence electrons. The fourth-order valence-electron chi connectivity index (χ4n) is 2.19. The van der Waals surface area contributed by atoms with E-state index in [1.54, 1.807) is 6.07 Å². The van der Waals surface area contributed by atoms with Gasteiger partial charge in [0.15, 0.2) is 5.78 Å². The summed E-state index contributed by atoms with van der Waals surface area (Å²) in [6, 6.07) is 9.68. The van der Waals surface area contributed by atoms with Crippen LogP contribution in [0.3, 0.4) is 0 Å². The molecule has 0 saturated heterocycles. The van der Waals surface area contributed by atoms with E-state index in [-0.39, 0.29) is 11.7 Å². The Morgan fingerprint density at radius 3 is 2.71 bits per heavy atom. The lowest BCUT2D eigenvalue weighted by atomic mass is 9.74. The quantitative estimate of drug-likeness (QED) is 0.737. The van der Waals surface area contributed by atoms with Crippen LogP contribution in [0.25, 0.3) is 0 Å². The zero-order valence-corrected chi connectivity index (χ0v) is 11.1. The normalized spacial score (nSPS) is 17.4. The molecule has 1 aliphatic rings. The molecule has 0 bridgehead atoms. The average Bonchev–Trinajstić information content (AvgIpc) is 2.59. The number of carbonyl (C=O) groups excluding carboxylic acids is 1. The summed E-state index contributed by atoms with van der Waals surface area (Å²) >= 11 is 13.1. The van der Waals surface area contributed by atoms with Gasteiger partial charge in [0.1, 0.15) is 4.34 Å². The van der Waals surface area contributed by atoms with E-state index >= 15 is 0 Å². The van der Waals surface area contributed by atoms with Gasteiger partial charge in [-0.1, -0.05) is 47.5 Å². The lowest BCUT2D eigenvalue weighted by molar-refractivity contribution is 0.0949. The highest BCUT2D eigenvalue weighted by molar-refractivity contribution is 7.20. The van der Waals surface area contributed by atoms with E-state index in [0.29, 0.717) is 14.2 Å². The summed E-state index contributed by atoms with van der Waals surface area (Å²) in [5, 5.41) is 0. The molecule has 0 fully saturated rings. The Kier molecular flexibility index (Phi) is 2.74. The third-order valence-electron chi connectivity index (χ3n) is 3.09. The second kappa shape index (κ2) is 4.13. The minimum Gasteiger partial charge on any atom is -0.293 e. The molecule has 3 rings (SSSR count). The zero-order chi connectivity index (χ0) is 12.0. The van der Waals surface area contributed by atoms with Gasteiger partial charge in [-0.2, -0.15) is 0 Å². The Bertz CT molecular complexity index is 603. The molecule has 1 unspecified atom stereocenters. The van der Waals surface area contributed by atoms with Gasteiger partial charge in [0.25, 0.3) is 0 Å². The number of thiophene rings is 1. The highest BCUT2D eigenvalue weighted by Crippen LogP contribution is 2.40. The van der Waals surface area contributed by atoms with Crippen molar-refractivity contribution in [1.82, 2.24) is 0 Å². The van der Waals surface area contributed by atoms with Gasteiger partial charge in [-0.05, 0) is 23.6 Å². The van der Waals surface area contributed by atoms with Crippen molar-refractivity contribution in [3.8, 4) is 0 Å². The van der Waals surface area contributed by atoms with Crippen molar-refractivity contribution < 1.29 is 4.79 Å². The summed E-state index contributed by atoms with van der Waals surface area (Å²) in [5.41, 5.74) is 2.93. The number of rotatable bonds is 2. The third kappa shape index (κ3) is 1.81. The summed E-state index contributed by atoms with van der Waals surface area (Å²) in [6.07, 6.45) is 0.804. The monoisotopic (exact) mass is 282 g/mol. The molecule has 0 saturated carbocycles. The molecule has 0 spiro atoms. The summed E-state index contributed by atoms with van der Waals surface area (Å²) in [4.78, 5) is 12.3. The van der Waals surface area contributed by atoms with Gasteiger partial charge in [0.2, 0.25) is 0 Å². The molecule has 17 heavy (non-hydrogen) atoms. The van der Waals surface area contributed by atoms with Crippen LogP contribution in [0.15, 0.2) is 30.3 Å². The summed E-state index contributed by atoms with van der Waals surface area (Å²) < 4.78 is 1.05. The molecule has 1 atom stereocenters. The molecule has 1 nitrogen and oxygen atoms in total. The molecule has 1 aromatic carbocycles. The van der Waals surface area contributed by atoms with Crippen molar-refractivity contribution in [2.75, 3.05) is 0 Å². The van der Waals surface area contributed by atoms with E-state index in [1.807, 2.05) is 18.2 Å². The summed E-state index contributed by atoms with van der Waals surface area (Å²) in [6.45, 7) is 0. The van der Waals surface area contributed by atoms with E-state index in [4.69, 9.17) is 23.2 Å². The van der Waals surface area contributed by atoms with E-state index in [9.17, 15) is 4.79 Å². The van der Waals surface area contributed by atoms with Gasteiger partial charge >= 0.3 is 0 Å². The molecule has 0 radical (unpaired) electrons. The number of benzene rings is 1. The number of fused-ring (bicyclic) bond motifs is 1. The fourth-order valence-corrected chi connectivity index (χ4v) is 3.66.